The van der Waals surface area contributed by atoms with Crippen molar-refractivity contribution in [1.29, 1.82) is 5.26 Å². The molecule has 1 aliphatic heterocycles. The quantitative estimate of drug-likeness (QED) is 0.328. The van der Waals surface area contributed by atoms with Crippen molar-refractivity contribution in [3.05, 3.63) is 92.8 Å². The first-order valence-electron chi connectivity index (χ1n) is 10.6. The summed E-state index contributed by atoms with van der Waals surface area (Å²) in [6.45, 7) is 2.17. The van der Waals surface area contributed by atoms with Gasteiger partial charge >= 0.3 is 5.97 Å². The van der Waals surface area contributed by atoms with E-state index in [0.717, 1.165) is 5.56 Å². The second kappa shape index (κ2) is 10.2. The normalized spacial score (nSPS) is 14.4. The van der Waals surface area contributed by atoms with Crippen molar-refractivity contribution in [2.24, 2.45) is 5.73 Å². The molecule has 0 bridgehead atoms. The van der Waals surface area contributed by atoms with E-state index in [1.807, 2.05) is 24.3 Å². The fourth-order valence-electron chi connectivity index (χ4n) is 3.79. The van der Waals surface area contributed by atoms with Crippen LogP contribution in [0, 0.1) is 11.3 Å². The van der Waals surface area contributed by atoms with Gasteiger partial charge in [0.15, 0.2) is 5.75 Å². The molecule has 1 aliphatic rings. The number of nitrogens with two attached hydrogens (primary N) is 1. The summed E-state index contributed by atoms with van der Waals surface area (Å²) in [6, 6.07) is 17.2. The van der Waals surface area contributed by atoms with Gasteiger partial charge in [-0.05, 0) is 42.8 Å². The maximum absolute atomic E-state index is 12.8. The fourth-order valence-corrected chi connectivity index (χ4v) is 4.39. The molecule has 9 heteroatoms. The van der Waals surface area contributed by atoms with Crippen LogP contribution in [0.1, 0.15) is 34.3 Å². The van der Waals surface area contributed by atoms with E-state index < -0.39 is 11.9 Å². The number of nitriles is 1. The lowest BCUT2D eigenvalue weighted by Crippen LogP contribution is -2.21. The number of rotatable bonds is 6. The van der Waals surface area contributed by atoms with Crippen LogP contribution in [-0.2, 0) is 0 Å². The number of allylic oxidation sites excluding steroid dienone is 1. The number of nitrogens with zero attached hydrogens (tertiary/aromatic N) is 1. The highest BCUT2D eigenvalue weighted by molar-refractivity contribution is 6.37. The molecule has 3 aromatic rings. The highest BCUT2D eigenvalue weighted by Gasteiger charge is 2.31. The van der Waals surface area contributed by atoms with Gasteiger partial charge in [0.2, 0.25) is 5.88 Å². The van der Waals surface area contributed by atoms with E-state index >= 15 is 0 Å². The molecule has 1 heterocycles. The fraction of sp³-hybridized carbons (Fsp3) is 0.154. The Bertz CT molecular complexity index is 1360. The predicted octanol–water partition coefficient (Wildman–Crippen LogP) is 5.84. The first-order chi connectivity index (χ1) is 16.9. The van der Waals surface area contributed by atoms with Gasteiger partial charge in [0, 0.05) is 11.6 Å². The smallest absolute Gasteiger partial charge is 0.343 e. The van der Waals surface area contributed by atoms with Gasteiger partial charge in [0.05, 0.1) is 35.2 Å². The Morgan fingerprint density at radius 2 is 1.86 bits per heavy atom. The lowest BCUT2D eigenvalue weighted by Gasteiger charge is -2.27. The lowest BCUT2D eigenvalue weighted by molar-refractivity contribution is 0.0734. The number of methoxy groups -OCH3 is 1. The molecule has 35 heavy (non-hydrogen) atoms. The Morgan fingerprint density at radius 3 is 2.51 bits per heavy atom. The van der Waals surface area contributed by atoms with E-state index in [-0.39, 0.29) is 32.8 Å². The van der Waals surface area contributed by atoms with Crippen molar-refractivity contribution in [1.82, 2.24) is 0 Å². The summed E-state index contributed by atoms with van der Waals surface area (Å²) < 4.78 is 21.9. The number of hydrogen-bond acceptors (Lipinski definition) is 7. The Balaban J connectivity index is 1.66. The van der Waals surface area contributed by atoms with Crippen LogP contribution in [0.4, 0.5) is 0 Å². The number of fused-ring (bicyclic) bond motifs is 1. The molecule has 2 N–H and O–H groups in total. The number of carbonyl (C=O) groups excluding carboxylic acids is 1. The molecule has 0 spiro atoms. The molecule has 0 saturated carbocycles. The largest absolute Gasteiger partial charge is 0.497 e. The van der Waals surface area contributed by atoms with Crippen LogP contribution in [0.2, 0.25) is 10.0 Å². The summed E-state index contributed by atoms with van der Waals surface area (Å²) in [6.07, 6.45) is 0. The SMILES string of the molecule is CCOc1c(Cl)cc(C(=O)Oc2ccc3c(c2)OC(N)=C(C#N)C3c2cccc(OC)c2)cc1Cl. The van der Waals surface area contributed by atoms with Crippen LogP contribution < -0.4 is 24.7 Å². The zero-order chi connectivity index (χ0) is 25.1. The van der Waals surface area contributed by atoms with E-state index in [1.54, 1.807) is 32.2 Å². The van der Waals surface area contributed by atoms with Gasteiger partial charge in [-0.2, -0.15) is 5.26 Å². The topological polar surface area (TPSA) is 104 Å². The number of ether oxygens (including phenoxy) is 4. The van der Waals surface area contributed by atoms with Crippen LogP contribution in [0.15, 0.2) is 66.1 Å². The molecule has 3 aromatic carbocycles. The van der Waals surface area contributed by atoms with Crippen LogP contribution in [0.5, 0.6) is 23.0 Å². The first kappa shape index (κ1) is 24.3. The highest BCUT2D eigenvalue weighted by atomic mass is 35.5. The maximum Gasteiger partial charge on any atom is 0.343 e. The number of halogens is 2. The zero-order valence-electron chi connectivity index (χ0n) is 18.8. The Kier molecular flexibility index (Phi) is 7.06. The third-order valence-corrected chi connectivity index (χ3v) is 5.91. The van der Waals surface area contributed by atoms with Gasteiger partial charge in [-0.1, -0.05) is 41.4 Å². The van der Waals surface area contributed by atoms with E-state index in [9.17, 15) is 10.1 Å². The molecule has 0 saturated heterocycles. The van der Waals surface area contributed by atoms with Crippen molar-refractivity contribution in [2.75, 3.05) is 13.7 Å². The van der Waals surface area contributed by atoms with E-state index in [1.165, 1.54) is 12.1 Å². The van der Waals surface area contributed by atoms with Crippen LogP contribution in [-0.4, -0.2) is 19.7 Å². The molecule has 4 rings (SSSR count). The average molecular weight is 511 g/mol. The second-order valence-corrected chi connectivity index (χ2v) is 8.31. The molecular formula is C26H20Cl2N2O5. The molecule has 0 aliphatic carbocycles. The van der Waals surface area contributed by atoms with Gasteiger partial charge in [0.25, 0.3) is 0 Å². The molecule has 0 amide bonds. The molecule has 7 nitrogen and oxygen atoms in total. The number of benzene rings is 3. The minimum atomic E-state index is -0.668. The van der Waals surface area contributed by atoms with Gasteiger partial charge in [-0.25, -0.2) is 4.79 Å². The number of esters is 1. The van der Waals surface area contributed by atoms with E-state index in [0.29, 0.717) is 29.4 Å². The van der Waals surface area contributed by atoms with Crippen molar-refractivity contribution in [2.45, 2.75) is 12.8 Å². The first-order valence-corrected chi connectivity index (χ1v) is 11.3. The average Bonchev–Trinajstić information content (AvgIpc) is 2.85. The predicted molar refractivity (Wildman–Crippen MR) is 131 cm³/mol. The lowest BCUT2D eigenvalue weighted by atomic mass is 9.83. The number of hydrogen-bond donors (Lipinski definition) is 1. The summed E-state index contributed by atoms with van der Waals surface area (Å²) in [4.78, 5) is 12.8. The minimum absolute atomic E-state index is 0.0265. The van der Waals surface area contributed by atoms with Crippen LogP contribution in [0.3, 0.4) is 0 Å². The molecular weight excluding hydrogens is 491 g/mol. The standard InChI is InChI=1S/C26H20Cl2N2O5/c1-3-33-24-20(27)10-15(11-21(24)28)26(31)34-17-7-8-18-22(12-17)35-25(30)19(13-29)23(18)14-5-4-6-16(9-14)32-2/h4-12,23H,3,30H2,1-2H3. The second-order valence-electron chi connectivity index (χ2n) is 7.49. The molecule has 1 unspecified atom stereocenters. The minimum Gasteiger partial charge on any atom is -0.497 e. The van der Waals surface area contributed by atoms with Crippen LogP contribution in [0.25, 0.3) is 0 Å². The van der Waals surface area contributed by atoms with Crippen molar-refractivity contribution < 1.29 is 23.7 Å². The summed E-state index contributed by atoms with van der Waals surface area (Å²) in [5, 5.41) is 10.1. The summed E-state index contributed by atoms with van der Waals surface area (Å²) >= 11 is 12.4. The Morgan fingerprint density at radius 1 is 1.11 bits per heavy atom. The summed E-state index contributed by atoms with van der Waals surface area (Å²) in [5.41, 5.74) is 7.99. The van der Waals surface area contributed by atoms with Crippen molar-refractivity contribution >= 4 is 29.2 Å². The van der Waals surface area contributed by atoms with E-state index in [4.69, 9.17) is 47.9 Å². The third kappa shape index (κ3) is 4.85. The van der Waals surface area contributed by atoms with Gasteiger partial charge < -0.3 is 24.7 Å². The van der Waals surface area contributed by atoms with Crippen LogP contribution >= 0.6 is 23.2 Å². The molecule has 0 radical (unpaired) electrons. The Labute approximate surface area is 212 Å². The zero-order valence-corrected chi connectivity index (χ0v) is 20.3. The molecule has 1 atom stereocenters. The van der Waals surface area contributed by atoms with Gasteiger partial charge in [0.1, 0.15) is 28.9 Å². The van der Waals surface area contributed by atoms with E-state index in [2.05, 4.69) is 6.07 Å². The Hall–Kier alpha value is -3.86. The molecule has 0 aromatic heterocycles. The van der Waals surface area contributed by atoms with Crippen molar-refractivity contribution in [3.8, 4) is 29.1 Å². The maximum atomic E-state index is 12.8. The third-order valence-electron chi connectivity index (χ3n) is 5.35. The molecule has 178 valence electrons. The molecule has 0 fully saturated rings. The van der Waals surface area contributed by atoms with Gasteiger partial charge in [-0.15, -0.1) is 0 Å². The number of carbonyl (C=O) groups is 1. The highest BCUT2D eigenvalue weighted by Crippen LogP contribution is 2.44. The van der Waals surface area contributed by atoms with Crippen molar-refractivity contribution in [3.63, 3.8) is 0 Å². The monoisotopic (exact) mass is 510 g/mol. The summed E-state index contributed by atoms with van der Waals surface area (Å²) in [5.74, 6) is 0.347. The summed E-state index contributed by atoms with van der Waals surface area (Å²) in [7, 11) is 1.57. The van der Waals surface area contributed by atoms with Gasteiger partial charge in [-0.3, -0.25) is 0 Å².